The van der Waals surface area contributed by atoms with Crippen LogP contribution in [0.2, 0.25) is 0 Å². The molecule has 2 aliphatic heterocycles. The second kappa shape index (κ2) is 4.89. The molecule has 0 aromatic rings. The molecule has 1 spiro atoms. The van der Waals surface area contributed by atoms with E-state index in [-0.39, 0.29) is 0 Å². The fourth-order valence-corrected chi connectivity index (χ4v) is 4.51. The molecule has 3 fully saturated rings. The average Bonchev–Trinajstić information content (AvgIpc) is 2.74. The molecule has 2 saturated heterocycles. The minimum Gasteiger partial charge on any atom is -0.316 e. The van der Waals surface area contributed by atoms with Crippen molar-refractivity contribution in [2.45, 2.75) is 57.9 Å². The van der Waals surface area contributed by atoms with Gasteiger partial charge >= 0.3 is 0 Å². The van der Waals surface area contributed by atoms with Crippen LogP contribution in [0.5, 0.6) is 0 Å². The highest BCUT2D eigenvalue weighted by molar-refractivity contribution is 4.96. The molecule has 1 aliphatic carbocycles. The van der Waals surface area contributed by atoms with Crippen molar-refractivity contribution in [1.82, 2.24) is 10.2 Å². The van der Waals surface area contributed by atoms with Crippen molar-refractivity contribution >= 4 is 0 Å². The molecule has 98 valence electrons. The number of nitrogens with one attached hydrogen (secondary N) is 1. The number of likely N-dealkylation sites (tertiary alicyclic amines) is 1. The molecular weight excluding hydrogens is 208 g/mol. The van der Waals surface area contributed by atoms with Gasteiger partial charge < -0.3 is 5.32 Å². The second-order valence-corrected chi connectivity index (χ2v) is 6.82. The Hall–Kier alpha value is -0.0800. The molecule has 0 bridgehead atoms. The molecule has 3 aliphatic rings. The van der Waals surface area contributed by atoms with Crippen LogP contribution in [0.4, 0.5) is 0 Å². The lowest BCUT2D eigenvalue weighted by atomic mass is 9.73. The van der Waals surface area contributed by atoms with Crippen LogP contribution in [0, 0.1) is 11.3 Å². The van der Waals surface area contributed by atoms with Crippen molar-refractivity contribution in [2.24, 2.45) is 11.3 Å². The smallest absolute Gasteiger partial charge is 0.0145 e. The Kier molecular flexibility index (Phi) is 3.45. The standard InChI is InChI=1S/C15H28N2/c1-13-11-16-9-5-14(13)17-10-8-15(12-17)6-3-2-4-7-15/h13-14,16H,2-12H2,1H3. The van der Waals surface area contributed by atoms with Gasteiger partial charge in [-0.25, -0.2) is 0 Å². The van der Waals surface area contributed by atoms with Gasteiger partial charge in [-0.15, -0.1) is 0 Å². The first-order valence-electron chi connectivity index (χ1n) is 7.74. The van der Waals surface area contributed by atoms with Gasteiger partial charge in [0.15, 0.2) is 0 Å². The predicted octanol–water partition coefficient (Wildman–Crippen LogP) is 2.64. The summed E-state index contributed by atoms with van der Waals surface area (Å²) in [5.41, 5.74) is 0.739. The maximum atomic E-state index is 3.53. The molecule has 0 amide bonds. The Labute approximate surface area is 106 Å². The van der Waals surface area contributed by atoms with Crippen LogP contribution in [0.1, 0.15) is 51.9 Å². The zero-order chi connectivity index (χ0) is 11.7. The zero-order valence-corrected chi connectivity index (χ0v) is 11.4. The second-order valence-electron chi connectivity index (χ2n) is 6.82. The Morgan fingerprint density at radius 3 is 2.71 bits per heavy atom. The molecule has 2 nitrogen and oxygen atoms in total. The Morgan fingerprint density at radius 1 is 1.12 bits per heavy atom. The van der Waals surface area contributed by atoms with Crippen molar-refractivity contribution < 1.29 is 0 Å². The number of rotatable bonds is 1. The minimum atomic E-state index is 0.739. The molecule has 1 saturated carbocycles. The maximum absolute atomic E-state index is 3.53. The van der Waals surface area contributed by atoms with Gasteiger partial charge in [0.2, 0.25) is 0 Å². The number of piperidine rings is 1. The summed E-state index contributed by atoms with van der Waals surface area (Å²) in [7, 11) is 0. The molecule has 2 heterocycles. The summed E-state index contributed by atoms with van der Waals surface area (Å²) in [5, 5.41) is 3.53. The lowest BCUT2D eigenvalue weighted by molar-refractivity contribution is 0.115. The lowest BCUT2D eigenvalue weighted by Gasteiger charge is -2.39. The number of hydrogen-bond donors (Lipinski definition) is 1. The molecule has 2 unspecified atom stereocenters. The van der Waals surface area contributed by atoms with Gasteiger partial charge in [0.25, 0.3) is 0 Å². The third kappa shape index (κ3) is 2.39. The number of nitrogens with zero attached hydrogens (tertiary/aromatic N) is 1. The van der Waals surface area contributed by atoms with E-state index in [1.165, 1.54) is 71.1 Å². The highest BCUT2D eigenvalue weighted by Crippen LogP contribution is 2.44. The van der Waals surface area contributed by atoms with Crippen molar-refractivity contribution in [3.05, 3.63) is 0 Å². The van der Waals surface area contributed by atoms with E-state index in [1.807, 2.05) is 0 Å². The first kappa shape index (κ1) is 12.0. The molecule has 1 N–H and O–H groups in total. The molecule has 0 aromatic carbocycles. The van der Waals surface area contributed by atoms with Crippen molar-refractivity contribution in [3.8, 4) is 0 Å². The van der Waals surface area contributed by atoms with E-state index in [0.29, 0.717) is 0 Å². The fourth-order valence-electron chi connectivity index (χ4n) is 4.51. The summed E-state index contributed by atoms with van der Waals surface area (Å²) in [4.78, 5) is 2.84. The van der Waals surface area contributed by atoms with Crippen LogP contribution in [-0.4, -0.2) is 37.1 Å². The monoisotopic (exact) mass is 236 g/mol. The van der Waals surface area contributed by atoms with Gasteiger partial charge in [-0.3, -0.25) is 4.90 Å². The highest BCUT2D eigenvalue weighted by atomic mass is 15.2. The Balaban J connectivity index is 1.62. The van der Waals surface area contributed by atoms with Crippen LogP contribution in [0.15, 0.2) is 0 Å². The molecule has 2 heteroatoms. The van der Waals surface area contributed by atoms with Crippen molar-refractivity contribution in [3.63, 3.8) is 0 Å². The van der Waals surface area contributed by atoms with Gasteiger partial charge in [-0.2, -0.15) is 0 Å². The third-order valence-electron chi connectivity index (χ3n) is 5.59. The molecule has 2 atom stereocenters. The average molecular weight is 236 g/mol. The van der Waals surface area contributed by atoms with E-state index in [0.717, 1.165) is 17.4 Å². The lowest BCUT2D eigenvalue weighted by Crippen LogP contribution is -2.48. The minimum absolute atomic E-state index is 0.739. The summed E-state index contributed by atoms with van der Waals surface area (Å²) < 4.78 is 0. The Bertz CT molecular complexity index is 258. The largest absolute Gasteiger partial charge is 0.316 e. The van der Waals surface area contributed by atoms with Gasteiger partial charge in [-0.05, 0) is 56.7 Å². The van der Waals surface area contributed by atoms with Gasteiger partial charge in [0.1, 0.15) is 0 Å². The quantitative estimate of drug-likeness (QED) is 0.753. The maximum Gasteiger partial charge on any atom is 0.0145 e. The molecular formula is C15H28N2. The van der Waals surface area contributed by atoms with E-state index in [1.54, 1.807) is 0 Å². The molecule has 3 rings (SSSR count). The summed E-state index contributed by atoms with van der Waals surface area (Å²) >= 11 is 0. The van der Waals surface area contributed by atoms with Crippen LogP contribution < -0.4 is 5.32 Å². The van der Waals surface area contributed by atoms with Crippen LogP contribution >= 0.6 is 0 Å². The fraction of sp³-hybridized carbons (Fsp3) is 1.00. The summed E-state index contributed by atoms with van der Waals surface area (Å²) in [6.45, 7) is 7.70. The van der Waals surface area contributed by atoms with Crippen molar-refractivity contribution in [1.29, 1.82) is 0 Å². The normalized spacial score (nSPS) is 38.6. The topological polar surface area (TPSA) is 15.3 Å². The van der Waals surface area contributed by atoms with Crippen LogP contribution in [0.25, 0.3) is 0 Å². The van der Waals surface area contributed by atoms with E-state index in [4.69, 9.17) is 0 Å². The molecule has 17 heavy (non-hydrogen) atoms. The summed E-state index contributed by atoms with van der Waals surface area (Å²) in [5.74, 6) is 0.850. The highest BCUT2D eigenvalue weighted by Gasteiger charge is 2.42. The predicted molar refractivity (Wildman–Crippen MR) is 72.1 cm³/mol. The first-order valence-corrected chi connectivity index (χ1v) is 7.74. The van der Waals surface area contributed by atoms with E-state index in [9.17, 15) is 0 Å². The summed E-state index contributed by atoms with van der Waals surface area (Å²) in [6, 6.07) is 0.873. The van der Waals surface area contributed by atoms with Crippen LogP contribution in [0.3, 0.4) is 0 Å². The number of hydrogen-bond acceptors (Lipinski definition) is 2. The van der Waals surface area contributed by atoms with Gasteiger partial charge in [0, 0.05) is 12.6 Å². The van der Waals surface area contributed by atoms with Gasteiger partial charge in [0.05, 0.1) is 0 Å². The third-order valence-corrected chi connectivity index (χ3v) is 5.59. The molecule has 0 aromatic heterocycles. The summed E-state index contributed by atoms with van der Waals surface area (Å²) in [6.07, 6.45) is 10.4. The Morgan fingerprint density at radius 2 is 1.94 bits per heavy atom. The van der Waals surface area contributed by atoms with Crippen LogP contribution in [-0.2, 0) is 0 Å². The SMILES string of the molecule is CC1CNCCC1N1CCC2(CCCCC2)C1. The van der Waals surface area contributed by atoms with E-state index < -0.39 is 0 Å². The zero-order valence-electron chi connectivity index (χ0n) is 11.4. The van der Waals surface area contributed by atoms with Crippen molar-refractivity contribution in [2.75, 3.05) is 26.2 Å². The van der Waals surface area contributed by atoms with Gasteiger partial charge in [-0.1, -0.05) is 26.2 Å². The first-order chi connectivity index (χ1) is 8.29. The van der Waals surface area contributed by atoms with E-state index in [2.05, 4.69) is 17.1 Å². The van der Waals surface area contributed by atoms with E-state index >= 15 is 0 Å². The molecule has 0 radical (unpaired) electrons.